The van der Waals surface area contributed by atoms with Crippen LogP contribution in [0.1, 0.15) is 0 Å². The van der Waals surface area contributed by atoms with Crippen LogP contribution in [0.15, 0.2) is 0 Å². The van der Waals surface area contributed by atoms with E-state index in [0.717, 1.165) is 0 Å². The summed E-state index contributed by atoms with van der Waals surface area (Å²) in [6.07, 6.45) is 0. The van der Waals surface area contributed by atoms with Gasteiger partial charge in [0.2, 0.25) is 0 Å². The van der Waals surface area contributed by atoms with Gasteiger partial charge in [-0.2, -0.15) is 0 Å². The van der Waals surface area contributed by atoms with Gasteiger partial charge in [-0.3, -0.25) is 0 Å². The summed E-state index contributed by atoms with van der Waals surface area (Å²) in [5.41, 5.74) is 0. The molecular weight excluding hydrogens is 205 g/mol. The van der Waals surface area contributed by atoms with Gasteiger partial charge in [-0.25, -0.2) is 4.57 Å². The molecule has 0 bridgehead atoms. The van der Waals surface area contributed by atoms with Gasteiger partial charge in [0.05, 0.1) is 0 Å². The first kappa shape index (κ1) is 30.3. The molecule has 9 heteroatoms. The molecule has 0 aliphatic carbocycles. The predicted octanol–water partition coefficient (Wildman–Crippen LogP) is -3.95. The molecule has 0 rings (SSSR count). The molecule has 0 spiro atoms. The quantitative estimate of drug-likeness (QED) is 0.284. The van der Waals surface area contributed by atoms with Gasteiger partial charge in [-0.15, -0.1) is 0 Å². The Labute approximate surface area is 95.3 Å². The molecule has 0 aromatic heterocycles. The Morgan fingerprint density at radius 2 is 1.11 bits per heavy atom. The molecule has 4 nitrogen and oxygen atoms in total. The van der Waals surface area contributed by atoms with Crippen LogP contribution in [-0.2, 0) is 26.3 Å². The normalized spacial score (nSPS) is 6.56. The first-order valence-electron chi connectivity index (χ1n) is 0.783. The van der Waals surface area contributed by atoms with Crippen LogP contribution < -0.4 is 0 Å². The van der Waals surface area contributed by atoms with Crippen molar-refractivity contribution in [2.45, 2.75) is 0 Å². The second-order valence-electron chi connectivity index (χ2n) is 0.513. The van der Waals surface area contributed by atoms with Crippen molar-refractivity contribution in [2.75, 3.05) is 0 Å². The molecule has 9 heavy (non-hydrogen) atoms. The second kappa shape index (κ2) is 12.8. The van der Waals surface area contributed by atoms with E-state index in [-0.39, 0.29) is 68.9 Å². The molecule has 0 atom stereocenters. The molecule has 0 fully saturated rings. The largest absolute Gasteiger partial charge is 0.466 e. The maximum absolute atomic E-state index is 8.88. The van der Waals surface area contributed by atoms with Crippen LogP contribution in [0.2, 0.25) is 0 Å². The summed E-state index contributed by atoms with van der Waals surface area (Å²) in [4.78, 5) is 21.6. The summed E-state index contributed by atoms with van der Waals surface area (Å²) in [6, 6.07) is 0. The maximum atomic E-state index is 8.88. The smallest absolute Gasteiger partial charge is 0.303 e. The minimum Gasteiger partial charge on any atom is -0.303 e. The zero-order chi connectivity index (χ0) is 4.50. The Bertz CT molecular complexity index is 66.7. The molecule has 0 aliphatic rings. The Hall–Kier alpha value is 2.17. The van der Waals surface area contributed by atoms with Crippen LogP contribution >= 0.6 is 7.82 Å². The predicted molar refractivity (Wildman–Crippen MR) is 41.3 cm³/mol. The van der Waals surface area contributed by atoms with Crippen molar-refractivity contribution in [1.29, 1.82) is 0 Å². The van der Waals surface area contributed by atoms with Crippen molar-refractivity contribution in [3.05, 3.63) is 0 Å². The molecule has 51 valence electrons. The van der Waals surface area contributed by atoms with Gasteiger partial charge in [0.25, 0.3) is 0 Å². The molecular formula is H10AlLiO4PSiTi. The molecule has 0 saturated carbocycles. The summed E-state index contributed by atoms with van der Waals surface area (Å²) in [7, 11) is -4.64. The first-order valence-corrected chi connectivity index (χ1v) is 2.35. The maximum Gasteiger partial charge on any atom is 0.466 e. The van der Waals surface area contributed by atoms with Gasteiger partial charge in [-0.1, -0.05) is 0 Å². The van der Waals surface area contributed by atoms with Crippen molar-refractivity contribution in [3.8, 4) is 0 Å². The summed E-state index contributed by atoms with van der Waals surface area (Å²) >= 11 is 0. The van der Waals surface area contributed by atoms with Crippen LogP contribution in [0.3, 0.4) is 0 Å². The van der Waals surface area contributed by atoms with Crippen LogP contribution in [0.25, 0.3) is 0 Å². The van der Waals surface area contributed by atoms with Crippen LogP contribution in [-0.4, -0.2) is 61.9 Å². The van der Waals surface area contributed by atoms with Gasteiger partial charge in [-0.05, 0) is 11.0 Å². The standard InChI is InChI=1S/Al.Li.H3O4P.H4Si.Ti.3H/c;;1-5(2,3)4;;;;;/h;;(H3,1,2,3,4);1H4;;;;. The van der Waals surface area contributed by atoms with Crippen molar-refractivity contribution in [2.24, 2.45) is 0 Å². The fourth-order valence-electron chi connectivity index (χ4n) is 0. The first-order chi connectivity index (χ1) is 2.00. The molecule has 0 amide bonds. The summed E-state index contributed by atoms with van der Waals surface area (Å²) in [6.45, 7) is 0. The van der Waals surface area contributed by atoms with E-state index in [1.54, 1.807) is 0 Å². The molecule has 0 saturated heterocycles. The van der Waals surface area contributed by atoms with E-state index in [9.17, 15) is 0 Å². The zero-order valence-corrected chi connectivity index (χ0v) is 6.15. The van der Waals surface area contributed by atoms with Crippen LogP contribution in [0.5, 0.6) is 0 Å². The Balaban J connectivity index is -0.0000000133. The van der Waals surface area contributed by atoms with Gasteiger partial charge in [0, 0.05) is 40.6 Å². The van der Waals surface area contributed by atoms with E-state index in [1.165, 1.54) is 0 Å². The fourth-order valence-corrected chi connectivity index (χ4v) is 0. The Kier molecular flexibility index (Phi) is 43.2. The van der Waals surface area contributed by atoms with E-state index >= 15 is 0 Å². The average molecular weight is 215 g/mol. The van der Waals surface area contributed by atoms with E-state index in [0.29, 0.717) is 0 Å². The van der Waals surface area contributed by atoms with E-state index < -0.39 is 7.82 Å². The number of rotatable bonds is 0. The number of hydrogen-bond donors (Lipinski definition) is 3. The van der Waals surface area contributed by atoms with E-state index in [2.05, 4.69) is 0 Å². The van der Waals surface area contributed by atoms with Crippen molar-refractivity contribution >= 4 is 55.0 Å². The number of hydrogen-bond acceptors (Lipinski definition) is 1. The van der Waals surface area contributed by atoms with Gasteiger partial charge >= 0.3 is 7.82 Å². The van der Waals surface area contributed by atoms with Gasteiger partial charge < -0.3 is 14.7 Å². The summed E-state index contributed by atoms with van der Waals surface area (Å²) in [5.74, 6) is 0. The summed E-state index contributed by atoms with van der Waals surface area (Å²) in [5, 5.41) is 0. The molecule has 0 unspecified atom stereocenters. The molecule has 0 heterocycles. The minimum absolute atomic E-state index is 0. The van der Waals surface area contributed by atoms with Crippen molar-refractivity contribution in [1.82, 2.24) is 0 Å². The monoisotopic (exact) mass is 215 g/mol. The van der Waals surface area contributed by atoms with Crippen LogP contribution in [0.4, 0.5) is 0 Å². The van der Waals surface area contributed by atoms with E-state index in [1.807, 2.05) is 0 Å². The fraction of sp³-hybridized carbons (Fsp3) is 0. The second-order valence-corrected chi connectivity index (χ2v) is 1.54. The van der Waals surface area contributed by atoms with E-state index in [4.69, 9.17) is 19.2 Å². The Morgan fingerprint density at radius 1 is 1.11 bits per heavy atom. The minimum atomic E-state index is -4.64. The molecule has 3 N–H and O–H groups in total. The topological polar surface area (TPSA) is 77.8 Å². The number of phosphoric acid groups is 1. The van der Waals surface area contributed by atoms with Crippen LogP contribution in [0, 0.1) is 0 Å². The Morgan fingerprint density at radius 3 is 1.11 bits per heavy atom. The molecule has 0 aromatic carbocycles. The zero-order valence-electron chi connectivity index (χ0n) is 3.70. The third-order valence-electron chi connectivity index (χ3n) is 0. The molecule has 0 aliphatic heterocycles. The van der Waals surface area contributed by atoms with Crippen molar-refractivity contribution in [3.63, 3.8) is 0 Å². The third-order valence-corrected chi connectivity index (χ3v) is 0. The van der Waals surface area contributed by atoms with Crippen molar-refractivity contribution < 1.29 is 41.0 Å². The molecule has 1 radical (unpaired) electrons. The SMILES string of the molecule is O=P(O)(O)O.[AlH3].[Li].[SiH4].[Ti]. The average Bonchev–Trinajstić information content (AvgIpc) is 0.722. The molecule has 0 aromatic rings. The third kappa shape index (κ3) is 144. The van der Waals surface area contributed by atoms with Gasteiger partial charge in [0.15, 0.2) is 17.4 Å². The summed E-state index contributed by atoms with van der Waals surface area (Å²) < 4.78 is 8.88. The van der Waals surface area contributed by atoms with Gasteiger partial charge in [0.1, 0.15) is 0 Å².